The van der Waals surface area contributed by atoms with Crippen molar-refractivity contribution >= 4 is 22.7 Å². The Balaban J connectivity index is 2.36. The van der Waals surface area contributed by atoms with Crippen LogP contribution in [0.1, 0.15) is 24.2 Å². The molecule has 0 N–H and O–H groups in total. The molecule has 0 saturated heterocycles. The van der Waals surface area contributed by atoms with E-state index in [-0.39, 0.29) is 18.3 Å². The molecule has 1 heterocycles. The number of hydrogen-bond acceptors (Lipinski definition) is 3. The molecule has 0 fully saturated rings. The SMILES string of the molecule is CCOC(=O)Cn1ccc2ccc(C(C)=O)cc21. The van der Waals surface area contributed by atoms with Crippen LogP contribution in [0.5, 0.6) is 0 Å². The summed E-state index contributed by atoms with van der Waals surface area (Å²) in [4.78, 5) is 22.8. The van der Waals surface area contributed by atoms with E-state index >= 15 is 0 Å². The third-order valence-electron chi connectivity index (χ3n) is 2.79. The Hall–Kier alpha value is -2.10. The molecule has 0 aliphatic heterocycles. The van der Waals surface area contributed by atoms with Gasteiger partial charge in [-0.1, -0.05) is 12.1 Å². The second-order valence-corrected chi connectivity index (χ2v) is 4.08. The van der Waals surface area contributed by atoms with Crippen molar-refractivity contribution in [1.29, 1.82) is 0 Å². The lowest BCUT2D eigenvalue weighted by Crippen LogP contribution is -2.12. The van der Waals surface area contributed by atoms with Gasteiger partial charge in [0.05, 0.1) is 6.61 Å². The highest BCUT2D eigenvalue weighted by Crippen LogP contribution is 2.18. The van der Waals surface area contributed by atoms with E-state index in [1.807, 2.05) is 18.3 Å². The number of Topliss-reactive ketones (excluding diaryl/α,β-unsaturated/α-hetero) is 1. The van der Waals surface area contributed by atoms with E-state index in [2.05, 4.69) is 0 Å². The fourth-order valence-electron chi connectivity index (χ4n) is 1.89. The molecule has 1 aromatic carbocycles. The minimum Gasteiger partial charge on any atom is -0.465 e. The summed E-state index contributed by atoms with van der Waals surface area (Å²) in [7, 11) is 0. The molecule has 0 saturated carbocycles. The van der Waals surface area contributed by atoms with Crippen LogP contribution < -0.4 is 0 Å². The van der Waals surface area contributed by atoms with Gasteiger partial charge in [0, 0.05) is 17.3 Å². The summed E-state index contributed by atoms with van der Waals surface area (Å²) in [5, 5.41) is 1.00. The average Bonchev–Trinajstić information content (AvgIpc) is 2.72. The van der Waals surface area contributed by atoms with E-state index < -0.39 is 0 Å². The fourth-order valence-corrected chi connectivity index (χ4v) is 1.89. The lowest BCUT2D eigenvalue weighted by Gasteiger charge is -2.05. The normalized spacial score (nSPS) is 10.6. The summed E-state index contributed by atoms with van der Waals surface area (Å²) in [6.45, 7) is 3.84. The number of ether oxygens (including phenoxy) is 1. The summed E-state index contributed by atoms with van der Waals surface area (Å²) in [6.07, 6.45) is 1.82. The zero-order valence-electron chi connectivity index (χ0n) is 10.5. The predicted octanol–water partition coefficient (Wildman–Crippen LogP) is 2.41. The zero-order valence-corrected chi connectivity index (χ0v) is 10.5. The van der Waals surface area contributed by atoms with Gasteiger partial charge < -0.3 is 9.30 Å². The lowest BCUT2D eigenvalue weighted by molar-refractivity contribution is -0.143. The van der Waals surface area contributed by atoms with Crippen LogP contribution >= 0.6 is 0 Å². The monoisotopic (exact) mass is 245 g/mol. The maximum atomic E-state index is 11.5. The van der Waals surface area contributed by atoms with Gasteiger partial charge in [-0.25, -0.2) is 0 Å². The molecule has 1 aromatic heterocycles. The van der Waals surface area contributed by atoms with Gasteiger partial charge in [0.15, 0.2) is 5.78 Å². The van der Waals surface area contributed by atoms with Crippen LogP contribution in [0.25, 0.3) is 10.9 Å². The Morgan fingerprint density at radius 3 is 2.72 bits per heavy atom. The van der Waals surface area contributed by atoms with Crippen molar-refractivity contribution in [2.75, 3.05) is 6.61 Å². The van der Waals surface area contributed by atoms with E-state index in [1.54, 1.807) is 23.6 Å². The van der Waals surface area contributed by atoms with Crippen molar-refractivity contribution < 1.29 is 14.3 Å². The van der Waals surface area contributed by atoms with E-state index in [9.17, 15) is 9.59 Å². The first-order valence-corrected chi connectivity index (χ1v) is 5.87. The number of rotatable bonds is 4. The molecule has 4 nitrogen and oxygen atoms in total. The second kappa shape index (κ2) is 5.04. The maximum absolute atomic E-state index is 11.5. The number of carbonyl (C=O) groups excluding carboxylic acids is 2. The largest absolute Gasteiger partial charge is 0.465 e. The molecule has 18 heavy (non-hydrogen) atoms. The van der Waals surface area contributed by atoms with Crippen LogP contribution in [0.15, 0.2) is 30.5 Å². The summed E-state index contributed by atoms with van der Waals surface area (Å²) in [6, 6.07) is 7.39. The molecule has 0 atom stereocenters. The molecule has 4 heteroatoms. The van der Waals surface area contributed by atoms with Crippen LogP contribution in [-0.2, 0) is 16.1 Å². The molecule has 94 valence electrons. The highest BCUT2D eigenvalue weighted by Gasteiger charge is 2.08. The average molecular weight is 245 g/mol. The van der Waals surface area contributed by atoms with Gasteiger partial charge in [0.1, 0.15) is 6.54 Å². The first-order valence-electron chi connectivity index (χ1n) is 5.87. The third kappa shape index (κ3) is 2.42. The Kier molecular flexibility index (Phi) is 3.46. The van der Waals surface area contributed by atoms with Gasteiger partial charge >= 0.3 is 5.97 Å². The number of esters is 1. The number of ketones is 1. The Bertz CT molecular complexity index is 598. The van der Waals surface area contributed by atoms with Crippen molar-refractivity contribution in [2.45, 2.75) is 20.4 Å². The summed E-state index contributed by atoms with van der Waals surface area (Å²) >= 11 is 0. The van der Waals surface area contributed by atoms with Gasteiger partial charge in [-0.2, -0.15) is 0 Å². The molecule has 2 aromatic rings. The van der Waals surface area contributed by atoms with Crippen LogP contribution in [0.3, 0.4) is 0 Å². The molecule has 0 radical (unpaired) electrons. The van der Waals surface area contributed by atoms with Gasteiger partial charge in [0.2, 0.25) is 0 Å². The number of carbonyl (C=O) groups is 2. The Morgan fingerprint density at radius 1 is 1.28 bits per heavy atom. The topological polar surface area (TPSA) is 48.3 Å². The van der Waals surface area contributed by atoms with Gasteiger partial charge in [-0.3, -0.25) is 9.59 Å². The summed E-state index contributed by atoms with van der Waals surface area (Å²) in [5.41, 5.74) is 1.52. The molecule has 0 aliphatic rings. The molecule has 0 unspecified atom stereocenters. The fraction of sp³-hybridized carbons (Fsp3) is 0.286. The first-order chi connectivity index (χ1) is 8.61. The standard InChI is InChI=1S/C14H15NO3/c1-3-18-14(17)9-15-7-6-11-4-5-12(10(2)16)8-13(11)15/h4-8H,3,9H2,1-2H3. The number of fused-ring (bicyclic) bond motifs is 1. The number of benzene rings is 1. The van der Waals surface area contributed by atoms with E-state index in [1.165, 1.54) is 6.92 Å². The Morgan fingerprint density at radius 2 is 2.06 bits per heavy atom. The van der Waals surface area contributed by atoms with Gasteiger partial charge in [-0.05, 0) is 31.4 Å². The first kappa shape index (κ1) is 12.4. The molecular formula is C14H15NO3. The Labute approximate surface area is 105 Å². The molecule has 0 spiro atoms. The minimum absolute atomic E-state index is 0.0146. The summed E-state index contributed by atoms with van der Waals surface area (Å²) in [5.74, 6) is -0.260. The highest BCUT2D eigenvalue weighted by molar-refractivity contribution is 5.98. The molecular weight excluding hydrogens is 230 g/mol. The number of nitrogens with zero attached hydrogens (tertiary/aromatic N) is 1. The quantitative estimate of drug-likeness (QED) is 0.614. The highest BCUT2D eigenvalue weighted by atomic mass is 16.5. The maximum Gasteiger partial charge on any atom is 0.325 e. The van der Waals surface area contributed by atoms with Gasteiger partial charge in [-0.15, -0.1) is 0 Å². The zero-order chi connectivity index (χ0) is 13.1. The minimum atomic E-state index is -0.275. The lowest BCUT2D eigenvalue weighted by atomic mass is 10.1. The van der Waals surface area contributed by atoms with E-state index in [0.717, 1.165) is 10.9 Å². The molecule has 0 bridgehead atoms. The van der Waals surface area contributed by atoms with Crippen LogP contribution in [0.2, 0.25) is 0 Å². The predicted molar refractivity (Wildman–Crippen MR) is 68.6 cm³/mol. The van der Waals surface area contributed by atoms with Crippen LogP contribution in [0, 0.1) is 0 Å². The smallest absolute Gasteiger partial charge is 0.325 e. The summed E-state index contributed by atoms with van der Waals surface area (Å²) < 4.78 is 6.71. The van der Waals surface area contributed by atoms with Crippen molar-refractivity contribution in [1.82, 2.24) is 4.57 Å². The van der Waals surface area contributed by atoms with Gasteiger partial charge in [0.25, 0.3) is 0 Å². The molecule has 2 rings (SSSR count). The number of hydrogen-bond donors (Lipinski definition) is 0. The molecule has 0 aliphatic carbocycles. The number of aromatic nitrogens is 1. The van der Waals surface area contributed by atoms with Crippen LogP contribution in [-0.4, -0.2) is 22.9 Å². The van der Waals surface area contributed by atoms with E-state index in [4.69, 9.17) is 4.74 Å². The van der Waals surface area contributed by atoms with Crippen molar-refractivity contribution in [2.24, 2.45) is 0 Å². The van der Waals surface area contributed by atoms with Crippen LogP contribution in [0.4, 0.5) is 0 Å². The van der Waals surface area contributed by atoms with Crippen molar-refractivity contribution in [3.63, 3.8) is 0 Å². The van der Waals surface area contributed by atoms with E-state index in [0.29, 0.717) is 12.2 Å². The van der Waals surface area contributed by atoms with Crippen molar-refractivity contribution in [3.05, 3.63) is 36.0 Å². The molecule has 0 amide bonds. The van der Waals surface area contributed by atoms with Crippen molar-refractivity contribution in [3.8, 4) is 0 Å². The second-order valence-electron chi connectivity index (χ2n) is 4.08. The third-order valence-corrected chi connectivity index (χ3v) is 2.79.